The minimum Gasteiger partial charge on any atom is -0.340 e. The number of hydrogen-bond donors (Lipinski definition) is 2. The summed E-state index contributed by atoms with van der Waals surface area (Å²) in [6.45, 7) is 1.41. The van der Waals surface area contributed by atoms with Crippen LogP contribution < -0.4 is 11.0 Å². The highest BCUT2D eigenvalue weighted by Crippen LogP contribution is 2.08. The first-order valence-electron chi connectivity index (χ1n) is 6.04. The highest BCUT2D eigenvalue weighted by molar-refractivity contribution is 5.91. The van der Waals surface area contributed by atoms with Gasteiger partial charge in [-0.25, -0.2) is 5.48 Å². The summed E-state index contributed by atoms with van der Waals surface area (Å²) in [5, 5.41) is 2.42. The van der Waals surface area contributed by atoms with Crippen LogP contribution in [0.2, 0.25) is 0 Å². The van der Waals surface area contributed by atoms with Gasteiger partial charge in [0.1, 0.15) is 5.69 Å². The molecule has 104 valence electrons. The lowest BCUT2D eigenvalue weighted by atomic mass is 10.4. The molecule has 1 aromatic heterocycles. The molecule has 0 spiro atoms. The number of aromatic amines is 1. The molecule has 2 N–H and O–H groups in total. The number of carbonyl (C=O) groups is 2. The van der Waals surface area contributed by atoms with Crippen LogP contribution in [0.15, 0.2) is 10.9 Å². The third kappa shape index (κ3) is 3.22. The standard InChI is InChI=1S/C11H16N4O4/c1-14-8(7-9(16)12-14)11(18)13-19-6-5-15-4-2-3-10(15)17/h7H,2-6H2,1H3,(H,12,16)(H,13,18). The molecule has 19 heavy (non-hydrogen) atoms. The number of carbonyl (C=O) groups excluding carboxylic acids is 2. The third-order valence-corrected chi connectivity index (χ3v) is 2.94. The van der Waals surface area contributed by atoms with Crippen LogP contribution >= 0.6 is 0 Å². The Morgan fingerprint density at radius 1 is 1.53 bits per heavy atom. The summed E-state index contributed by atoms with van der Waals surface area (Å²) in [7, 11) is 1.55. The molecule has 0 atom stereocenters. The van der Waals surface area contributed by atoms with E-state index in [1.54, 1.807) is 11.9 Å². The van der Waals surface area contributed by atoms with Gasteiger partial charge in [-0.1, -0.05) is 0 Å². The van der Waals surface area contributed by atoms with Crippen LogP contribution in [0.5, 0.6) is 0 Å². The Bertz CT molecular complexity index is 533. The lowest BCUT2D eigenvalue weighted by Gasteiger charge is -2.15. The predicted molar refractivity (Wildman–Crippen MR) is 65.3 cm³/mol. The van der Waals surface area contributed by atoms with Crippen molar-refractivity contribution in [1.29, 1.82) is 0 Å². The summed E-state index contributed by atoms with van der Waals surface area (Å²) in [5.41, 5.74) is 2.07. The molecule has 1 aliphatic rings. The molecule has 1 fully saturated rings. The fourth-order valence-corrected chi connectivity index (χ4v) is 1.96. The molecule has 0 unspecified atom stereocenters. The van der Waals surface area contributed by atoms with Gasteiger partial charge in [0.25, 0.3) is 11.5 Å². The zero-order valence-electron chi connectivity index (χ0n) is 10.6. The first kappa shape index (κ1) is 13.3. The second kappa shape index (κ2) is 5.70. The molecule has 2 heterocycles. The van der Waals surface area contributed by atoms with Crippen molar-refractivity contribution in [3.63, 3.8) is 0 Å². The number of amides is 2. The number of H-pyrrole nitrogens is 1. The zero-order valence-corrected chi connectivity index (χ0v) is 10.6. The van der Waals surface area contributed by atoms with Crippen LogP contribution in [0.1, 0.15) is 23.3 Å². The maximum atomic E-state index is 11.6. The van der Waals surface area contributed by atoms with Gasteiger partial charge in [-0.05, 0) is 6.42 Å². The van der Waals surface area contributed by atoms with Crippen molar-refractivity contribution >= 4 is 11.8 Å². The molecule has 1 saturated heterocycles. The van der Waals surface area contributed by atoms with Crippen molar-refractivity contribution in [1.82, 2.24) is 20.2 Å². The molecule has 0 aliphatic carbocycles. The Morgan fingerprint density at radius 3 is 2.89 bits per heavy atom. The van der Waals surface area contributed by atoms with Crippen LogP contribution in [0, 0.1) is 0 Å². The van der Waals surface area contributed by atoms with E-state index in [-0.39, 0.29) is 23.8 Å². The first-order valence-corrected chi connectivity index (χ1v) is 6.04. The Morgan fingerprint density at radius 2 is 2.32 bits per heavy atom. The molecule has 1 aromatic rings. The van der Waals surface area contributed by atoms with Crippen LogP contribution in [0.25, 0.3) is 0 Å². The lowest BCUT2D eigenvalue weighted by Crippen LogP contribution is -2.32. The topological polar surface area (TPSA) is 96.4 Å². The summed E-state index contributed by atoms with van der Waals surface area (Å²) < 4.78 is 1.31. The van der Waals surface area contributed by atoms with Gasteiger partial charge < -0.3 is 4.90 Å². The molecule has 8 nitrogen and oxygen atoms in total. The highest BCUT2D eigenvalue weighted by Gasteiger charge is 2.19. The predicted octanol–water partition coefficient (Wildman–Crippen LogP) is -1.00. The van der Waals surface area contributed by atoms with E-state index in [2.05, 4.69) is 10.6 Å². The lowest BCUT2D eigenvalue weighted by molar-refractivity contribution is -0.128. The monoisotopic (exact) mass is 268 g/mol. The average molecular weight is 268 g/mol. The van der Waals surface area contributed by atoms with Crippen molar-refractivity contribution in [2.75, 3.05) is 19.7 Å². The van der Waals surface area contributed by atoms with Gasteiger partial charge >= 0.3 is 0 Å². The molecule has 8 heteroatoms. The van der Waals surface area contributed by atoms with Gasteiger partial charge in [-0.3, -0.25) is 29.0 Å². The van der Waals surface area contributed by atoms with Crippen molar-refractivity contribution in [3.05, 3.63) is 22.1 Å². The van der Waals surface area contributed by atoms with E-state index < -0.39 is 5.91 Å². The van der Waals surface area contributed by atoms with Crippen molar-refractivity contribution < 1.29 is 14.4 Å². The summed E-state index contributed by atoms with van der Waals surface area (Å²) in [6.07, 6.45) is 1.45. The normalized spacial score (nSPS) is 15.0. The molecule has 2 amide bonds. The summed E-state index contributed by atoms with van der Waals surface area (Å²) in [5.74, 6) is -0.392. The molecule has 0 radical (unpaired) electrons. The number of likely N-dealkylation sites (tertiary alicyclic amines) is 1. The van der Waals surface area contributed by atoms with Gasteiger partial charge in [0.2, 0.25) is 5.91 Å². The van der Waals surface area contributed by atoms with Crippen LogP contribution in [-0.2, 0) is 16.7 Å². The molecular formula is C11H16N4O4. The van der Waals surface area contributed by atoms with Crippen molar-refractivity contribution in [2.45, 2.75) is 12.8 Å². The second-order valence-electron chi connectivity index (χ2n) is 4.33. The van der Waals surface area contributed by atoms with E-state index in [1.807, 2.05) is 0 Å². The minimum absolute atomic E-state index is 0.114. The van der Waals surface area contributed by atoms with Gasteiger partial charge in [-0.2, -0.15) is 0 Å². The first-order chi connectivity index (χ1) is 9.08. The largest absolute Gasteiger partial charge is 0.340 e. The van der Waals surface area contributed by atoms with Gasteiger partial charge in [0, 0.05) is 32.6 Å². The van der Waals surface area contributed by atoms with Gasteiger partial charge in [-0.15, -0.1) is 0 Å². The SMILES string of the molecule is Cn1[nH]c(=O)cc1C(=O)NOCCN1CCCC1=O. The van der Waals surface area contributed by atoms with E-state index in [0.717, 1.165) is 13.0 Å². The highest BCUT2D eigenvalue weighted by atomic mass is 16.7. The number of aryl methyl sites for hydroxylation is 1. The number of hydroxylamine groups is 1. The van der Waals surface area contributed by atoms with E-state index in [9.17, 15) is 14.4 Å². The molecule has 0 saturated carbocycles. The number of rotatable bonds is 5. The Balaban J connectivity index is 1.74. The zero-order chi connectivity index (χ0) is 13.8. The fraction of sp³-hybridized carbons (Fsp3) is 0.545. The Kier molecular flexibility index (Phi) is 4.00. The number of aromatic nitrogens is 2. The summed E-state index contributed by atoms with van der Waals surface area (Å²) in [6, 6.07) is 1.18. The molecule has 0 bridgehead atoms. The third-order valence-electron chi connectivity index (χ3n) is 2.94. The van der Waals surface area contributed by atoms with Gasteiger partial charge in [0.05, 0.1) is 6.61 Å². The Labute approximate surface area is 109 Å². The number of nitrogens with one attached hydrogen (secondary N) is 2. The number of nitrogens with zero attached hydrogens (tertiary/aromatic N) is 2. The maximum Gasteiger partial charge on any atom is 0.293 e. The van der Waals surface area contributed by atoms with E-state index >= 15 is 0 Å². The molecular weight excluding hydrogens is 252 g/mol. The maximum absolute atomic E-state index is 11.6. The van der Waals surface area contributed by atoms with Crippen LogP contribution in [0.4, 0.5) is 0 Å². The van der Waals surface area contributed by atoms with E-state index in [0.29, 0.717) is 13.0 Å². The minimum atomic E-state index is -0.506. The van der Waals surface area contributed by atoms with Gasteiger partial charge in [0.15, 0.2) is 0 Å². The van der Waals surface area contributed by atoms with E-state index in [1.165, 1.54) is 10.7 Å². The molecule has 2 rings (SSSR count). The van der Waals surface area contributed by atoms with Crippen LogP contribution in [-0.4, -0.2) is 46.2 Å². The molecule has 0 aromatic carbocycles. The van der Waals surface area contributed by atoms with Crippen LogP contribution in [0.3, 0.4) is 0 Å². The molecule has 1 aliphatic heterocycles. The summed E-state index contributed by atoms with van der Waals surface area (Å²) in [4.78, 5) is 40.7. The Hall–Kier alpha value is -2.09. The summed E-state index contributed by atoms with van der Waals surface area (Å²) >= 11 is 0. The number of hydrogen-bond acceptors (Lipinski definition) is 4. The van der Waals surface area contributed by atoms with Crippen molar-refractivity contribution in [2.24, 2.45) is 7.05 Å². The quantitative estimate of drug-likeness (QED) is 0.528. The van der Waals surface area contributed by atoms with Crippen molar-refractivity contribution in [3.8, 4) is 0 Å². The van der Waals surface area contributed by atoms with E-state index in [4.69, 9.17) is 4.84 Å². The smallest absolute Gasteiger partial charge is 0.293 e. The second-order valence-corrected chi connectivity index (χ2v) is 4.33. The fourth-order valence-electron chi connectivity index (χ4n) is 1.96. The average Bonchev–Trinajstić information content (AvgIpc) is 2.91.